The van der Waals surface area contributed by atoms with E-state index in [0.29, 0.717) is 6.04 Å². The van der Waals surface area contributed by atoms with Gasteiger partial charge in [-0.2, -0.15) is 0 Å². The summed E-state index contributed by atoms with van der Waals surface area (Å²) in [4.78, 5) is 8.25. The van der Waals surface area contributed by atoms with Gasteiger partial charge < -0.3 is 10.6 Å². The zero-order chi connectivity index (χ0) is 9.80. The van der Waals surface area contributed by atoms with E-state index in [2.05, 4.69) is 20.6 Å². The first-order chi connectivity index (χ1) is 6.84. The third-order valence-electron chi connectivity index (χ3n) is 2.45. The first kappa shape index (κ1) is 9.40. The van der Waals surface area contributed by atoms with Gasteiger partial charge in [-0.1, -0.05) is 0 Å². The molecule has 1 saturated heterocycles. The molecular weight excluding hydrogens is 176 g/mol. The van der Waals surface area contributed by atoms with Crippen molar-refractivity contribution in [3.63, 3.8) is 0 Å². The Labute approximate surface area is 84.2 Å². The molecule has 1 aromatic heterocycles. The summed E-state index contributed by atoms with van der Waals surface area (Å²) in [5, 5.41) is 6.77. The smallest absolute Gasteiger partial charge is 0.129 e. The summed E-state index contributed by atoms with van der Waals surface area (Å²) in [6.45, 7) is 4.15. The zero-order valence-corrected chi connectivity index (χ0v) is 8.45. The van der Waals surface area contributed by atoms with Gasteiger partial charge in [0.2, 0.25) is 0 Å². The molecule has 1 atom stereocenters. The van der Waals surface area contributed by atoms with Crippen LogP contribution in [0.4, 0.5) is 5.82 Å². The minimum absolute atomic E-state index is 0.512. The van der Waals surface area contributed by atoms with Gasteiger partial charge in [-0.15, -0.1) is 0 Å². The number of anilines is 1. The summed E-state index contributed by atoms with van der Waals surface area (Å²) in [5.74, 6) is 0.936. The third-order valence-corrected chi connectivity index (χ3v) is 2.45. The van der Waals surface area contributed by atoms with E-state index in [1.807, 2.05) is 13.0 Å². The van der Waals surface area contributed by atoms with Gasteiger partial charge in [-0.05, 0) is 26.3 Å². The van der Waals surface area contributed by atoms with Crippen molar-refractivity contribution in [2.45, 2.75) is 25.8 Å². The van der Waals surface area contributed by atoms with Gasteiger partial charge in [-0.25, -0.2) is 9.97 Å². The van der Waals surface area contributed by atoms with Crippen LogP contribution in [0, 0.1) is 6.92 Å². The standard InChI is InChI=1S/C10H16N4/c1-8-5-10(13-7-12-8)14-9-3-2-4-11-6-9/h5,7,9,11H,2-4,6H2,1H3,(H,12,13,14). The highest BCUT2D eigenvalue weighted by atomic mass is 15.1. The van der Waals surface area contributed by atoms with Crippen molar-refractivity contribution in [2.75, 3.05) is 18.4 Å². The van der Waals surface area contributed by atoms with Crippen LogP contribution in [0.3, 0.4) is 0 Å². The van der Waals surface area contributed by atoms with Crippen LogP contribution in [0.25, 0.3) is 0 Å². The molecule has 0 amide bonds. The van der Waals surface area contributed by atoms with Crippen molar-refractivity contribution in [1.82, 2.24) is 15.3 Å². The fraction of sp³-hybridized carbons (Fsp3) is 0.600. The molecule has 2 rings (SSSR count). The molecule has 4 heteroatoms. The van der Waals surface area contributed by atoms with Crippen molar-refractivity contribution in [3.05, 3.63) is 18.1 Å². The first-order valence-corrected chi connectivity index (χ1v) is 5.10. The average molecular weight is 192 g/mol. The van der Waals surface area contributed by atoms with E-state index in [1.165, 1.54) is 12.8 Å². The molecule has 0 radical (unpaired) electrons. The van der Waals surface area contributed by atoms with E-state index in [4.69, 9.17) is 0 Å². The lowest BCUT2D eigenvalue weighted by atomic mass is 10.1. The molecular formula is C10H16N4. The van der Waals surface area contributed by atoms with Crippen LogP contribution in [0.1, 0.15) is 18.5 Å². The third kappa shape index (κ3) is 2.42. The van der Waals surface area contributed by atoms with E-state index in [1.54, 1.807) is 6.33 Å². The fourth-order valence-corrected chi connectivity index (χ4v) is 1.72. The maximum absolute atomic E-state index is 4.18. The quantitative estimate of drug-likeness (QED) is 0.732. The van der Waals surface area contributed by atoms with Gasteiger partial charge in [0, 0.05) is 24.3 Å². The topological polar surface area (TPSA) is 49.8 Å². The number of aromatic nitrogens is 2. The second kappa shape index (κ2) is 4.37. The molecule has 1 aliphatic heterocycles. The van der Waals surface area contributed by atoms with Crippen molar-refractivity contribution in [3.8, 4) is 0 Å². The molecule has 0 saturated carbocycles. The van der Waals surface area contributed by atoms with Crippen LogP contribution in [0.2, 0.25) is 0 Å². The molecule has 1 unspecified atom stereocenters. The molecule has 1 aliphatic rings. The van der Waals surface area contributed by atoms with Crippen LogP contribution in [0.15, 0.2) is 12.4 Å². The Morgan fingerprint density at radius 2 is 2.43 bits per heavy atom. The maximum Gasteiger partial charge on any atom is 0.129 e. The van der Waals surface area contributed by atoms with Crippen LogP contribution >= 0.6 is 0 Å². The van der Waals surface area contributed by atoms with Crippen molar-refractivity contribution in [2.24, 2.45) is 0 Å². The minimum atomic E-state index is 0.512. The number of hydrogen-bond donors (Lipinski definition) is 2. The Kier molecular flexibility index (Phi) is 2.93. The van der Waals surface area contributed by atoms with Crippen LogP contribution in [-0.2, 0) is 0 Å². The van der Waals surface area contributed by atoms with Crippen LogP contribution in [-0.4, -0.2) is 29.1 Å². The number of nitrogens with zero attached hydrogens (tertiary/aromatic N) is 2. The molecule has 0 aromatic carbocycles. The van der Waals surface area contributed by atoms with E-state index in [-0.39, 0.29) is 0 Å². The normalized spacial score (nSPS) is 21.9. The molecule has 1 aromatic rings. The first-order valence-electron chi connectivity index (χ1n) is 5.10. The highest BCUT2D eigenvalue weighted by Gasteiger charge is 2.12. The summed E-state index contributed by atoms with van der Waals surface area (Å²) in [7, 11) is 0. The van der Waals surface area contributed by atoms with Crippen molar-refractivity contribution < 1.29 is 0 Å². The van der Waals surface area contributed by atoms with Gasteiger partial charge in [-0.3, -0.25) is 0 Å². The highest BCUT2D eigenvalue weighted by molar-refractivity contribution is 5.35. The number of rotatable bonds is 2. The van der Waals surface area contributed by atoms with Gasteiger partial charge in [0.25, 0.3) is 0 Å². The van der Waals surface area contributed by atoms with Crippen LogP contribution < -0.4 is 10.6 Å². The Bertz CT molecular complexity index is 294. The summed E-state index contributed by atoms with van der Waals surface area (Å²) in [6.07, 6.45) is 4.06. The SMILES string of the molecule is Cc1cc(NC2CCCNC2)ncn1. The van der Waals surface area contributed by atoms with E-state index in [0.717, 1.165) is 24.6 Å². The van der Waals surface area contributed by atoms with E-state index in [9.17, 15) is 0 Å². The Morgan fingerprint density at radius 1 is 1.50 bits per heavy atom. The highest BCUT2D eigenvalue weighted by Crippen LogP contribution is 2.09. The number of nitrogens with one attached hydrogen (secondary N) is 2. The lowest BCUT2D eigenvalue weighted by molar-refractivity contribution is 0.479. The monoisotopic (exact) mass is 192 g/mol. The zero-order valence-electron chi connectivity index (χ0n) is 8.45. The number of piperidine rings is 1. The summed E-state index contributed by atoms with van der Waals surface area (Å²) >= 11 is 0. The predicted octanol–water partition coefficient (Wildman–Crippen LogP) is 0.949. The Balaban J connectivity index is 1.95. The predicted molar refractivity (Wildman–Crippen MR) is 56.3 cm³/mol. The lowest BCUT2D eigenvalue weighted by Crippen LogP contribution is -2.38. The largest absolute Gasteiger partial charge is 0.366 e. The summed E-state index contributed by atoms with van der Waals surface area (Å²) < 4.78 is 0. The summed E-state index contributed by atoms with van der Waals surface area (Å²) in [5.41, 5.74) is 1.01. The molecule has 2 N–H and O–H groups in total. The van der Waals surface area contributed by atoms with E-state index < -0.39 is 0 Å². The second-order valence-corrected chi connectivity index (χ2v) is 3.73. The Morgan fingerprint density at radius 3 is 3.14 bits per heavy atom. The summed E-state index contributed by atoms with van der Waals surface area (Å²) in [6, 6.07) is 2.49. The van der Waals surface area contributed by atoms with Gasteiger partial charge in [0.1, 0.15) is 12.1 Å². The molecule has 0 spiro atoms. The molecule has 0 aliphatic carbocycles. The van der Waals surface area contributed by atoms with Crippen molar-refractivity contribution in [1.29, 1.82) is 0 Å². The van der Waals surface area contributed by atoms with Gasteiger partial charge in [0.05, 0.1) is 0 Å². The average Bonchev–Trinajstić information content (AvgIpc) is 2.19. The molecule has 4 nitrogen and oxygen atoms in total. The minimum Gasteiger partial charge on any atom is -0.366 e. The number of aryl methyl sites for hydroxylation is 1. The maximum atomic E-state index is 4.18. The molecule has 14 heavy (non-hydrogen) atoms. The second-order valence-electron chi connectivity index (χ2n) is 3.73. The molecule has 1 fully saturated rings. The Hall–Kier alpha value is -1.16. The van der Waals surface area contributed by atoms with Crippen LogP contribution in [0.5, 0.6) is 0 Å². The fourth-order valence-electron chi connectivity index (χ4n) is 1.72. The van der Waals surface area contributed by atoms with Gasteiger partial charge >= 0.3 is 0 Å². The lowest BCUT2D eigenvalue weighted by Gasteiger charge is -2.24. The number of hydrogen-bond acceptors (Lipinski definition) is 4. The molecule has 2 heterocycles. The molecule has 0 bridgehead atoms. The van der Waals surface area contributed by atoms with E-state index >= 15 is 0 Å². The van der Waals surface area contributed by atoms with Gasteiger partial charge in [0.15, 0.2) is 0 Å². The van der Waals surface area contributed by atoms with Crippen molar-refractivity contribution >= 4 is 5.82 Å². The molecule has 76 valence electrons.